The summed E-state index contributed by atoms with van der Waals surface area (Å²) < 4.78 is 5.07. The molecule has 0 saturated heterocycles. The quantitative estimate of drug-likeness (QED) is 0.572. The van der Waals surface area contributed by atoms with Crippen LogP contribution in [0.4, 0.5) is 0 Å². The summed E-state index contributed by atoms with van der Waals surface area (Å²) in [6.07, 6.45) is 5.83. The van der Waals surface area contributed by atoms with Crippen LogP contribution in [0.3, 0.4) is 0 Å². The highest BCUT2D eigenvalue weighted by atomic mass is 16.5. The second-order valence-corrected chi connectivity index (χ2v) is 6.94. The van der Waals surface area contributed by atoms with E-state index in [0.29, 0.717) is 19.0 Å². The van der Waals surface area contributed by atoms with Gasteiger partial charge in [0.15, 0.2) is 5.96 Å². The molecule has 1 heterocycles. The summed E-state index contributed by atoms with van der Waals surface area (Å²) in [5.74, 6) is 1.52. The maximum absolute atomic E-state index is 12.7. The molecule has 0 aromatic carbocycles. The van der Waals surface area contributed by atoms with Crippen molar-refractivity contribution in [1.29, 1.82) is 0 Å². The van der Waals surface area contributed by atoms with Crippen LogP contribution in [-0.4, -0.2) is 56.0 Å². The van der Waals surface area contributed by atoms with E-state index in [0.717, 1.165) is 43.8 Å². The Bertz CT molecular complexity index is 607. The van der Waals surface area contributed by atoms with Gasteiger partial charge >= 0.3 is 0 Å². The number of guanidine groups is 1. The molecule has 1 aromatic rings. The number of nitrogens with zero attached hydrogens (tertiary/aromatic N) is 3. The Kier molecular flexibility index (Phi) is 7.24. The number of hydrogen-bond donors (Lipinski definition) is 2. The zero-order valence-corrected chi connectivity index (χ0v) is 16.3. The van der Waals surface area contributed by atoms with Crippen molar-refractivity contribution in [3.63, 3.8) is 0 Å². The molecule has 1 aliphatic carbocycles. The molecular weight excluding hydrogens is 330 g/mol. The molecule has 1 amide bonds. The van der Waals surface area contributed by atoms with E-state index in [2.05, 4.69) is 20.6 Å². The lowest BCUT2D eigenvalue weighted by atomic mass is 9.84. The zero-order chi connectivity index (χ0) is 19.0. The summed E-state index contributed by atoms with van der Waals surface area (Å²) in [6.45, 7) is 3.92. The molecular formula is C19H31N5O2. The Morgan fingerprint density at radius 2 is 2.04 bits per heavy atom. The lowest BCUT2D eigenvalue weighted by Gasteiger charge is -2.31. The average Bonchev–Trinajstić information content (AvgIpc) is 3.13. The molecule has 26 heavy (non-hydrogen) atoms. The van der Waals surface area contributed by atoms with Gasteiger partial charge in [0.2, 0.25) is 11.8 Å². The van der Waals surface area contributed by atoms with Gasteiger partial charge in [0.1, 0.15) is 0 Å². The number of methoxy groups -OCH3 is 1. The van der Waals surface area contributed by atoms with Crippen LogP contribution in [0.2, 0.25) is 0 Å². The number of carbonyl (C=O) groups excluding carboxylic acids is 1. The molecule has 0 unspecified atom stereocenters. The summed E-state index contributed by atoms with van der Waals surface area (Å²) >= 11 is 0. The second kappa shape index (κ2) is 9.40. The van der Waals surface area contributed by atoms with E-state index in [1.54, 1.807) is 18.2 Å². The molecule has 0 aliphatic heterocycles. The van der Waals surface area contributed by atoms with E-state index >= 15 is 0 Å². The first kappa shape index (κ1) is 20.0. The first-order chi connectivity index (χ1) is 12.5. The Morgan fingerprint density at radius 3 is 2.58 bits per heavy atom. The Labute approximate surface area is 156 Å². The van der Waals surface area contributed by atoms with E-state index in [1.807, 2.05) is 33.2 Å². The maximum Gasteiger partial charge on any atom is 0.230 e. The number of hydrogen-bond acceptors (Lipinski definition) is 4. The number of pyridine rings is 1. The van der Waals surface area contributed by atoms with Crippen LogP contribution in [0.25, 0.3) is 0 Å². The predicted molar refractivity (Wildman–Crippen MR) is 103 cm³/mol. The van der Waals surface area contributed by atoms with Crippen molar-refractivity contribution in [1.82, 2.24) is 20.5 Å². The highest BCUT2D eigenvalue weighted by Crippen LogP contribution is 2.38. The van der Waals surface area contributed by atoms with Gasteiger partial charge in [-0.05, 0) is 25.3 Å². The van der Waals surface area contributed by atoms with E-state index in [9.17, 15) is 4.79 Å². The number of aromatic nitrogens is 1. The maximum atomic E-state index is 12.7. The average molecular weight is 361 g/mol. The van der Waals surface area contributed by atoms with Gasteiger partial charge in [-0.25, -0.2) is 9.98 Å². The Balaban J connectivity index is 2.02. The minimum Gasteiger partial charge on any atom is -0.481 e. The topological polar surface area (TPSA) is 78.9 Å². The number of aliphatic imine (C=N–C) groups is 1. The smallest absolute Gasteiger partial charge is 0.230 e. The number of nitrogens with one attached hydrogen (secondary N) is 2. The van der Waals surface area contributed by atoms with Gasteiger partial charge in [0.25, 0.3) is 0 Å². The summed E-state index contributed by atoms with van der Waals surface area (Å²) in [5.41, 5.74) is 0.685. The predicted octanol–water partition coefficient (Wildman–Crippen LogP) is 1.79. The first-order valence-corrected chi connectivity index (χ1v) is 9.23. The van der Waals surface area contributed by atoms with Crippen molar-refractivity contribution >= 4 is 11.9 Å². The SMILES string of the molecule is CCNC(=NCc1ccc(OC)nc1)NCC1(C(=O)N(C)C)CCCC1. The third-order valence-electron chi connectivity index (χ3n) is 4.79. The van der Waals surface area contributed by atoms with Crippen LogP contribution in [0, 0.1) is 5.41 Å². The molecule has 144 valence electrons. The van der Waals surface area contributed by atoms with Crippen molar-refractivity contribution in [2.75, 3.05) is 34.3 Å². The van der Waals surface area contributed by atoms with Crippen molar-refractivity contribution < 1.29 is 9.53 Å². The van der Waals surface area contributed by atoms with Gasteiger partial charge < -0.3 is 20.3 Å². The minimum atomic E-state index is -0.318. The van der Waals surface area contributed by atoms with Crippen LogP contribution in [0.1, 0.15) is 38.2 Å². The van der Waals surface area contributed by atoms with Gasteiger partial charge in [0.05, 0.1) is 19.1 Å². The van der Waals surface area contributed by atoms with Gasteiger partial charge in [-0.15, -0.1) is 0 Å². The molecule has 0 radical (unpaired) electrons. The molecule has 7 heteroatoms. The van der Waals surface area contributed by atoms with Crippen LogP contribution in [-0.2, 0) is 11.3 Å². The number of carbonyl (C=O) groups is 1. The van der Waals surface area contributed by atoms with E-state index in [4.69, 9.17) is 4.74 Å². The van der Waals surface area contributed by atoms with Crippen LogP contribution in [0.5, 0.6) is 5.88 Å². The summed E-state index contributed by atoms with van der Waals surface area (Å²) in [5, 5.41) is 6.63. The molecule has 0 spiro atoms. The minimum absolute atomic E-state index is 0.206. The van der Waals surface area contributed by atoms with E-state index in [1.165, 1.54) is 0 Å². The van der Waals surface area contributed by atoms with Crippen molar-refractivity contribution in [2.24, 2.45) is 10.4 Å². The number of rotatable bonds is 7. The van der Waals surface area contributed by atoms with E-state index < -0.39 is 0 Å². The molecule has 1 fully saturated rings. The van der Waals surface area contributed by atoms with Gasteiger partial charge in [-0.2, -0.15) is 0 Å². The monoisotopic (exact) mass is 361 g/mol. The lowest BCUT2D eigenvalue weighted by molar-refractivity contribution is -0.138. The van der Waals surface area contributed by atoms with Crippen LogP contribution in [0.15, 0.2) is 23.3 Å². The normalized spacial score (nSPS) is 16.2. The van der Waals surface area contributed by atoms with Gasteiger partial charge in [0, 0.05) is 39.4 Å². The molecule has 1 aromatic heterocycles. The molecule has 2 N–H and O–H groups in total. The highest BCUT2D eigenvalue weighted by molar-refractivity contribution is 5.85. The molecule has 1 aliphatic rings. The van der Waals surface area contributed by atoms with Crippen LogP contribution < -0.4 is 15.4 Å². The first-order valence-electron chi connectivity index (χ1n) is 9.23. The van der Waals surface area contributed by atoms with Crippen LogP contribution >= 0.6 is 0 Å². The van der Waals surface area contributed by atoms with Crippen molar-refractivity contribution in [3.8, 4) is 5.88 Å². The standard InChI is InChI=1S/C19H31N5O2/c1-5-20-18(22-13-15-8-9-16(26-4)21-12-15)23-14-19(10-6-7-11-19)17(25)24(2)3/h8-9,12H,5-7,10-11,13-14H2,1-4H3,(H2,20,22,23). The number of ether oxygens (including phenoxy) is 1. The fourth-order valence-corrected chi connectivity index (χ4v) is 3.38. The van der Waals surface area contributed by atoms with Gasteiger partial charge in [-0.3, -0.25) is 4.79 Å². The Morgan fingerprint density at radius 1 is 1.31 bits per heavy atom. The number of amides is 1. The largest absolute Gasteiger partial charge is 0.481 e. The third kappa shape index (κ3) is 5.09. The lowest BCUT2D eigenvalue weighted by Crippen LogP contribution is -2.49. The van der Waals surface area contributed by atoms with E-state index in [-0.39, 0.29) is 11.3 Å². The summed E-state index contributed by atoms with van der Waals surface area (Å²) in [6, 6.07) is 3.78. The third-order valence-corrected chi connectivity index (χ3v) is 4.79. The highest BCUT2D eigenvalue weighted by Gasteiger charge is 2.42. The molecule has 0 bridgehead atoms. The second-order valence-electron chi connectivity index (χ2n) is 6.94. The zero-order valence-electron chi connectivity index (χ0n) is 16.3. The van der Waals surface area contributed by atoms with Crippen molar-refractivity contribution in [3.05, 3.63) is 23.9 Å². The molecule has 2 rings (SSSR count). The fraction of sp³-hybridized carbons (Fsp3) is 0.632. The summed E-state index contributed by atoms with van der Waals surface area (Å²) in [4.78, 5) is 23.2. The molecule has 7 nitrogen and oxygen atoms in total. The Hall–Kier alpha value is -2.31. The fourth-order valence-electron chi connectivity index (χ4n) is 3.38. The molecule has 0 atom stereocenters. The van der Waals surface area contributed by atoms with Gasteiger partial charge in [-0.1, -0.05) is 18.9 Å². The summed E-state index contributed by atoms with van der Waals surface area (Å²) in [7, 11) is 5.26. The molecule has 1 saturated carbocycles. The van der Waals surface area contributed by atoms with Crippen molar-refractivity contribution in [2.45, 2.75) is 39.2 Å².